The number of hydrogen-bond donors (Lipinski definition) is 1. The van der Waals surface area contributed by atoms with Gasteiger partial charge < -0.3 is 10.1 Å². The summed E-state index contributed by atoms with van der Waals surface area (Å²) in [5.41, 5.74) is 2.83. The second kappa shape index (κ2) is 4.35. The molecule has 1 aromatic carbocycles. The fourth-order valence-electron chi connectivity index (χ4n) is 1.81. The number of aryl methyl sites for hydroxylation is 1. The molecule has 4 heteroatoms. The Hall–Kier alpha value is -1.84. The van der Waals surface area contributed by atoms with Crippen LogP contribution >= 0.6 is 0 Å². The summed E-state index contributed by atoms with van der Waals surface area (Å²) in [5.74, 6) is 0. The second-order valence-electron chi connectivity index (χ2n) is 3.62. The Bertz CT molecular complexity index is 441. The van der Waals surface area contributed by atoms with Crippen molar-refractivity contribution < 1.29 is 9.53 Å². The van der Waals surface area contributed by atoms with Gasteiger partial charge in [-0.1, -0.05) is 12.1 Å². The quantitative estimate of drug-likeness (QED) is 0.773. The van der Waals surface area contributed by atoms with Crippen molar-refractivity contribution in [2.75, 3.05) is 11.9 Å². The van der Waals surface area contributed by atoms with E-state index in [0.717, 1.165) is 23.1 Å². The van der Waals surface area contributed by atoms with E-state index in [1.165, 1.54) is 0 Å². The first-order chi connectivity index (χ1) is 7.76. The lowest BCUT2D eigenvalue weighted by Gasteiger charge is -2.26. The van der Waals surface area contributed by atoms with Crippen LogP contribution in [0.1, 0.15) is 24.2 Å². The van der Waals surface area contributed by atoms with Crippen molar-refractivity contribution in [1.29, 1.82) is 0 Å². The number of amidine groups is 1. The molecule has 0 aliphatic carbocycles. The Labute approximate surface area is 94.3 Å². The molecular weight excluding hydrogens is 204 g/mol. The number of carbonyl (C=O) groups excluding carboxylic acids is 1. The van der Waals surface area contributed by atoms with Gasteiger partial charge in [0.25, 0.3) is 6.02 Å². The largest absolute Gasteiger partial charge is 0.449 e. The fourth-order valence-corrected chi connectivity index (χ4v) is 1.81. The molecule has 1 aliphatic heterocycles. The van der Waals surface area contributed by atoms with Gasteiger partial charge >= 0.3 is 0 Å². The summed E-state index contributed by atoms with van der Waals surface area (Å²) in [5, 5.41) is 3.07. The highest BCUT2D eigenvalue weighted by Gasteiger charge is 2.25. The zero-order valence-corrected chi connectivity index (χ0v) is 9.36. The van der Waals surface area contributed by atoms with Crippen LogP contribution in [0.5, 0.6) is 0 Å². The molecule has 16 heavy (non-hydrogen) atoms. The summed E-state index contributed by atoms with van der Waals surface area (Å²) in [6.07, 6.45) is 0.250. The molecule has 1 atom stereocenters. The standard InChI is InChI=1S/C12H14N2O2/c1-3-13-12-14-9-6-4-5-8(2)11(9)10(7-15)16-12/h4-7,10H,3H2,1-2H3,(H,13,14). The molecule has 0 amide bonds. The lowest BCUT2D eigenvalue weighted by atomic mass is 10.0. The average Bonchev–Trinajstić information content (AvgIpc) is 2.28. The summed E-state index contributed by atoms with van der Waals surface area (Å²) in [4.78, 5) is 15.2. The SMILES string of the molecule is CCN=C1Nc2cccc(C)c2C(C=O)O1. The maximum absolute atomic E-state index is 11.0. The number of hydrogen-bond acceptors (Lipinski definition) is 3. The van der Waals surface area contributed by atoms with E-state index in [1.807, 2.05) is 32.0 Å². The first kappa shape index (κ1) is 10.7. The van der Waals surface area contributed by atoms with Crippen molar-refractivity contribution >= 4 is 18.0 Å². The van der Waals surface area contributed by atoms with Crippen LogP contribution in [0.4, 0.5) is 5.69 Å². The van der Waals surface area contributed by atoms with Crippen LogP contribution in [0.15, 0.2) is 23.2 Å². The highest BCUT2D eigenvalue weighted by Crippen LogP contribution is 2.31. The molecular formula is C12H14N2O2. The van der Waals surface area contributed by atoms with Gasteiger partial charge in [0.2, 0.25) is 0 Å². The van der Waals surface area contributed by atoms with Crippen LogP contribution in [-0.4, -0.2) is 18.9 Å². The molecule has 0 saturated carbocycles. The number of benzene rings is 1. The second-order valence-corrected chi connectivity index (χ2v) is 3.62. The number of carbonyl (C=O) groups is 1. The zero-order chi connectivity index (χ0) is 11.5. The van der Waals surface area contributed by atoms with Crippen molar-refractivity contribution in [2.45, 2.75) is 20.0 Å². The van der Waals surface area contributed by atoms with Gasteiger partial charge in [-0.3, -0.25) is 4.79 Å². The number of nitrogens with one attached hydrogen (secondary N) is 1. The van der Waals surface area contributed by atoms with Crippen LogP contribution in [0.2, 0.25) is 0 Å². The van der Waals surface area contributed by atoms with Crippen LogP contribution in [0.25, 0.3) is 0 Å². The summed E-state index contributed by atoms with van der Waals surface area (Å²) in [6, 6.07) is 6.24. The minimum atomic E-state index is -0.553. The molecule has 1 unspecified atom stereocenters. The van der Waals surface area contributed by atoms with Gasteiger partial charge in [-0.15, -0.1) is 0 Å². The molecule has 1 aromatic rings. The van der Waals surface area contributed by atoms with Crippen LogP contribution < -0.4 is 5.32 Å². The highest BCUT2D eigenvalue weighted by molar-refractivity contribution is 5.94. The summed E-state index contributed by atoms with van der Waals surface area (Å²) >= 11 is 0. The minimum absolute atomic E-state index is 0.415. The van der Waals surface area contributed by atoms with Gasteiger partial charge in [0, 0.05) is 17.8 Å². The normalized spacial score (nSPS) is 20.9. The molecule has 0 aromatic heterocycles. The Morgan fingerprint density at radius 3 is 3.06 bits per heavy atom. The molecule has 0 radical (unpaired) electrons. The van der Waals surface area contributed by atoms with E-state index in [1.54, 1.807) is 0 Å². The third-order valence-corrected chi connectivity index (χ3v) is 2.51. The van der Waals surface area contributed by atoms with Crippen LogP contribution in [-0.2, 0) is 9.53 Å². The van der Waals surface area contributed by atoms with E-state index in [4.69, 9.17) is 4.74 Å². The number of ether oxygens (including phenoxy) is 1. The molecule has 1 aliphatic rings. The lowest BCUT2D eigenvalue weighted by molar-refractivity contribution is -0.114. The maximum Gasteiger partial charge on any atom is 0.290 e. The third-order valence-electron chi connectivity index (χ3n) is 2.51. The number of aliphatic imine (C=N–C) groups is 1. The molecule has 0 spiro atoms. The van der Waals surface area contributed by atoms with Gasteiger partial charge in [0.15, 0.2) is 12.4 Å². The van der Waals surface area contributed by atoms with Gasteiger partial charge in [-0.2, -0.15) is 0 Å². The predicted molar refractivity (Wildman–Crippen MR) is 62.7 cm³/mol. The highest BCUT2D eigenvalue weighted by atomic mass is 16.5. The fraction of sp³-hybridized carbons (Fsp3) is 0.333. The van der Waals surface area contributed by atoms with Crippen molar-refractivity contribution in [3.05, 3.63) is 29.3 Å². The smallest absolute Gasteiger partial charge is 0.290 e. The topological polar surface area (TPSA) is 50.7 Å². The average molecular weight is 218 g/mol. The van der Waals surface area contributed by atoms with E-state index in [9.17, 15) is 4.79 Å². The Kier molecular flexibility index (Phi) is 2.90. The van der Waals surface area contributed by atoms with Crippen molar-refractivity contribution in [3.8, 4) is 0 Å². The Balaban J connectivity index is 2.46. The number of rotatable bonds is 2. The molecule has 4 nitrogen and oxygen atoms in total. The molecule has 0 bridgehead atoms. The van der Waals surface area contributed by atoms with E-state index < -0.39 is 6.10 Å². The Morgan fingerprint density at radius 2 is 2.38 bits per heavy atom. The summed E-state index contributed by atoms with van der Waals surface area (Å²) < 4.78 is 5.45. The van der Waals surface area contributed by atoms with Crippen molar-refractivity contribution in [3.63, 3.8) is 0 Å². The minimum Gasteiger partial charge on any atom is -0.449 e. The number of aldehydes is 1. The molecule has 1 N–H and O–H groups in total. The van der Waals surface area contributed by atoms with Crippen molar-refractivity contribution in [2.24, 2.45) is 4.99 Å². The van der Waals surface area contributed by atoms with E-state index in [0.29, 0.717) is 12.6 Å². The van der Waals surface area contributed by atoms with Crippen molar-refractivity contribution in [1.82, 2.24) is 0 Å². The first-order valence-electron chi connectivity index (χ1n) is 5.29. The molecule has 0 fully saturated rings. The Morgan fingerprint density at radius 1 is 1.56 bits per heavy atom. The zero-order valence-electron chi connectivity index (χ0n) is 9.36. The molecule has 0 saturated heterocycles. The van der Waals surface area contributed by atoms with E-state index >= 15 is 0 Å². The van der Waals surface area contributed by atoms with E-state index in [2.05, 4.69) is 10.3 Å². The van der Waals surface area contributed by atoms with Gasteiger partial charge in [-0.05, 0) is 25.5 Å². The first-order valence-corrected chi connectivity index (χ1v) is 5.29. The number of nitrogens with zero attached hydrogens (tertiary/aromatic N) is 1. The van der Waals surface area contributed by atoms with E-state index in [-0.39, 0.29) is 0 Å². The monoisotopic (exact) mass is 218 g/mol. The van der Waals surface area contributed by atoms with Crippen LogP contribution in [0.3, 0.4) is 0 Å². The lowest BCUT2D eigenvalue weighted by Crippen LogP contribution is -2.27. The molecule has 2 rings (SSSR count). The number of anilines is 1. The van der Waals surface area contributed by atoms with Gasteiger partial charge in [0.1, 0.15) is 0 Å². The van der Waals surface area contributed by atoms with Gasteiger partial charge in [-0.25, -0.2) is 4.99 Å². The molecule has 84 valence electrons. The van der Waals surface area contributed by atoms with Crippen LogP contribution in [0, 0.1) is 6.92 Å². The predicted octanol–water partition coefficient (Wildman–Crippen LogP) is 2.05. The summed E-state index contributed by atoms with van der Waals surface area (Å²) in [6.45, 7) is 4.50. The molecule has 1 heterocycles. The maximum atomic E-state index is 11.0. The van der Waals surface area contributed by atoms with Gasteiger partial charge in [0.05, 0.1) is 0 Å². The third kappa shape index (κ3) is 1.78. The number of fused-ring (bicyclic) bond motifs is 1. The summed E-state index contributed by atoms with van der Waals surface area (Å²) in [7, 11) is 0.